The van der Waals surface area contributed by atoms with Crippen LogP contribution in [0.3, 0.4) is 0 Å². The van der Waals surface area contributed by atoms with Crippen LogP contribution in [0, 0.1) is 5.92 Å². The fraction of sp³-hybridized carbons (Fsp3) is 0.636. The highest BCUT2D eigenvalue weighted by atomic mass is 16.1. The van der Waals surface area contributed by atoms with Gasteiger partial charge in [-0.05, 0) is 57.3 Å². The summed E-state index contributed by atoms with van der Waals surface area (Å²) in [4.78, 5) is 19.2. The summed E-state index contributed by atoms with van der Waals surface area (Å²) in [6, 6.07) is 9.96. The van der Waals surface area contributed by atoms with Gasteiger partial charge >= 0.3 is 0 Å². The summed E-state index contributed by atoms with van der Waals surface area (Å²) in [5.74, 6) is 1.72. The van der Waals surface area contributed by atoms with Crippen LogP contribution in [0.4, 0.5) is 0 Å². The molecule has 0 unspecified atom stereocenters. The molecule has 6 heteroatoms. The monoisotopic (exact) mass is 387 g/mol. The average molecular weight is 388 g/mol. The van der Waals surface area contributed by atoms with Gasteiger partial charge in [0.2, 0.25) is 5.91 Å². The van der Waals surface area contributed by atoms with E-state index in [1.54, 1.807) is 0 Å². The summed E-state index contributed by atoms with van der Waals surface area (Å²) in [7, 11) is 0. The number of hydrogen-bond donors (Lipinski definition) is 3. The Kier molecular flexibility index (Phi) is 10.4. The number of amides is 1. The maximum absolute atomic E-state index is 12.0. The number of aliphatic imine (C=N–C) groups is 1. The molecule has 1 aliphatic rings. The van der Waals surface area contributed by atoms with Crippen molar-refractivity contribution >= 4 is 11.9 Å². The Bertz CT molecular complexity index is 582. The molecule has 0 aliphatic carbocycles. The first-order chi connectivity index (χ1) is 13.7. The van der Waals surface area contributed by atoms with E-state index in [-0.39, 0.29) is 5.91 Å². The van der Waals surface area contributed by atoms with Gasteiger partial charge in [-0.1, -0.05) is 37.3 Å². The molecule has 156 valence electrons. The lowest BCUT2D eigenvalue weighted by molar-refractivity contribution is -0.121. The number of nitrogens with one attached hydrogen (secondary N) is 3. The minimum absolute atomic E-state index is 0.0477. The van der Waals surface area contributed by atoms with E-state index < -0.39 is 0 Å². The van der Waals surface area contributed by atoms with Gasteiger partial charge in [-0.15, -0.1) is 0 Å². The maximum atomic E-state index is 12.0. The molecule has 1 amide bonds. The van der Waals surface area contributed by atoms with Crippen molar-refractivity contribution in [3.63, 3.8) is 0 Å². The van der Waals surface area contributed by atoms with Gasteiger partial charge in [-0.3, -0.25) is 9.79 Å². The van der Waals surface area contributed by atoms with Crippen LogP contribution in [-0.4, -0.2) is 56.0 Å². The summed E-state index contributed by atoms with van der Waals surface area (Å²) < 4.78 is 0. The second kappa shape index (κ2) is 13.2. The topological polar surface area (TPSA) is 68.8 Å². The zero-order chi connectivity index (χ0) is 20.0. The lowest BCUT2D eigenvalue weighted by Gasteiger charge is -2.29. The second-order valence-electron chi connectivity index (χ2n) is 7.58. The lowest BCUT2D eigenvalue weighted by Crippen LogP contribution is -2.39. The molecule has 1 saturated heterocycles. The van der Waals surface area contributed by atoms with Crippen molar-refractivity contribution in [3.05, 3.63) is 35.9 Å². The third-order valence-corrected chi connectivity index (χ3v) is 5.10. The van der Waals surface area contributed by atoms with Gasteiger partial charge < -0.3 is 20.9 Å². The number of hydrogen-bond acceptors (Lipinski definition) is 3. The molecule has 0 spiro atoms. The minimum Gasteiger partial charge on any atom is -0.357 e. The number of carbonyl (C=O) groups excluding carboxylic acids is 1. The summed E-state index contributed by atoms with van der Waals surface area (Å²) in [5, 5.41) is 9.46. The molecular weight excluding hydrogens is 350 g/mol. The first-order valence-electron chi connectivity index (χ1n) is 10.7. The highest BCUT2D eigenvalue weighted by Crippen LogP contribution is 2.15. The van der Waals surface area contributed by atoms with Crippen LogP contribution in [0.15, 0.2) is 35.3 Å². The molecule has 1 fully saturated rings. The molecule has 0 atom stereocenters. The van der Waals surface area contributed by atoms with E-state index in [0.717, 1.165) is 43.5 Å². The van der Waals surface area contributed by atoms with Crippen LogP contribution in [-0.2, 0) is 11.3 Å². The summed E-state index contributed by atoms with van der Waals surface area (Å²) in [6.45, 7) is 10.7. The number of rotatable bonds is 10. The maximum Gasteiger partial charge on any atom is 0.222 e. The fourth-order valence-electron chi connectivity index (χ4n) is 3.29. The number of carbonyl (C=O) groups is 1. The molecule has 1 aromatic carbocycles. The van der Waals surface area contributed by atoms with E-state index in [2.05, 4.69) is 39.7 Å². The van der Waals surface area contributed by atoms with Crippen LogP contribution in [0.25, 0.3) is 0 Å². The Morgan fingerprint density at radius 1 is 1.14 bits per heavy atom. The molecular formula is C22H37N5O. The Labute approximate surface area is 170 Å². The van der Waals surface area contributed by atoms with Crippen molar-refractivity contribution in [2.75, 3.05) is 39.3 Å². The van der Waals surface area contributed by atoms with Crippen molar-refractivity contribution in [3.8, 4) is 0 Å². The van der Waals surface area contributed by atoms with E-state index >= 15 is 0 Å². The largest absolute Gasteiger partial charge is 0.357 e. The third kappa shape index (κ3) is 9.22. The molecule has 1 aromatic rings. The van der Waals surface area contributed by atoms with Gasteiger partial charge in [0.05, 0.1) is 0 Å². The Hall–Kier alpha value is -2.08. The van der Waals surface area contributed by atoms with Crippen LogP contribution in [0.1, 0.15) is 45.1 Å². The van der Waals surface area contributed by atoms with Crippen LogP contribution in [0.2, 0.25) is 0 Å². The van der Waals surface area contributed by atoms with Crippen LogP contribution in [0.5, 0.6) is 0 Å². The molecule has 1 heterocycles. The van der Waals surface area contributed by atoms with E-state index in [4.69, 9.17) is 0 Å². The Balaban J connectivity index is 1.60. The smallest absolute Gasteiger partial charge is 0.222 e. The minimum atomic E-state index is 0.0477. The number of likely N-dealkylation sites (tertiary alicyclic amines) is 1. The van der Waals surface area contributed by atoms with Crippen molar-refractivity contribution < 1.29 is 4.79 Å². The second-order valence-corrected chi connectivity index (χ2v) is 7.58. The van der Waals surface area contributed by atoms with Crippen LogP contribution >= 0.6 is 0 Å². The summed E-state index contributed by atoms with van der Waals surface area (Å²) in [6.07, 6.45) is 4.14. The van der Waals surface area contributed by atoms with Crippen molar-refractivity contribution in [1.29, 1.82) is 0 Å². The molecule has 3 N–H and O–H groups in total. The van der Waals surface area contributed by atoms with E-state index in [9.17, 15) is 4.79 Å². The molecule has 6 nitrogen and oxygen atoms in total. The van der Waals surface area contributed by atoms with Gasteiger partial charge in [0.25, 0.3) is 0 Å². The molecule has 0 bridgehead atoms. The van der Waals surface area contributed by atoms with Crippen molar-refractivity contribution in [1.82, 2.24) is 20.9 Å². The highest BCUT2D eigenvalue weighted by Gasteiger charge is 2.14. The van der Waals surface area contributed by atoms with Gasteiger partial charge in [0.15, 0.2) is 5.96 Å². The Morgan fingerprint density at radius 2 is 1.89 bits per heavy atom. The zero-order valence-corrected chi connectivity index (χ0v) is 17.5. The number of piperidine rings is 1. The van der Waals surface area contributed by atoms with E-state index in [0.29, 0.717) is 19.5 Å². The SMILES string of the molecule is CCNC(=NCCCN1CCC(C)CC1)NCCC(=O)NCc1ccccc1. The number of nitrogens with zero attached hydrogens (tertiary/aromatic N) is 2. The quantitative estimate of drug-likeness (QED) is 0.328. The van der Waals surface area contributed by atoms with Crippen molar-refractivity contribution in [2.45, 2.75) is 46.1 Å². The predicted octanol–water partition coefficient (Wildman–Crippen LogP) is 2.37. The van der Waals surface area contributed by atoms with Crippen LogP contribution < -0.4 is 16.0 Å². The zero-order valence-electron chi connectivity index (χ0n) is 17.5. The standard InChI is InChI=1S/C22H37N5O/c1-3-23-22(24-13-7-15-27-16-11-19(2)12-17-27)25-14-10-21(28)26-18-20-8-5-4-6-9-20/h4-6,8-9,19H,3,7,10-18H2,1-2H3,(H,26,28)(H2,23,24,25). The van der Waals surface area contributed by atoms with E-state index in [1.807, 2.05) is 30.3 Å². The molecule has 1 aliphatic heterocycles. The first kappa shape index (κ1) is 22.2. The van der Waals surface area contributed by atoms with Gasteiger partial charge in [-0.2, -0.15) is 0 Å². The molecule has 0 saturated carbocycles. The molecule has 0 aromatic heterocycles. The third-order valence-electron chi connectivity index (χ3n) is 5.10. The Morgan fingerprint density at radius 3 is 2.61 bits per heavy atom. The highest BCUT2D eigenvalue weighted by molar-refractivity contribution is 5.81. The number of guanidine groups is 1. The first-order valence-corrected chi connectivity index (χ1v) is 10.7. The predicted molar refractivity (Wildman–Crippen MR) is 116 cm³/mol. The number of benzene rings is 1. The van der Waals surface area contributed by atoms with Crippen molar-refractivity contribution in [2.24, 2.45) is 10.9 Å². The van der Waals surface area contributed by atoms with Gasteiger partial charge in [0.1, 0.15) is 0 Å². The average Bonchev–Trinajstić information content (AvgIpc) is 2.71. The lowest BCUT2D eigenvalue weighted by atomic mass is 9.99. The molecule has 28 heavy (non-hydrogen) atoms. The molecule has 0 radical (unpaired) electrons. The molecule has 2 rings (SSSR count). The normalized spacial score (nSPS) is 16.0. The van der Waals surface area contributed by atoms with Gasteiger partial charge in [0, 0.05) is 32.6 Å². The summed E-state index contributed by atoms with van der Waals surface area (Å²) >= 11 is 0. The fourth-order valence-corrected chi connectivity index (χ4v) is 3.29. The van der Waals surface area contributed by atoms with E-state index in [1.165, 1.54) is 25.9 Å². The summed E-state index contributed by atoms with van der Waals surface area (Å²) in [5.41, 5.74) is 1.11. The van der Waals surface area contributed by atoms with Gasteiger partial charge in [-0.25, -0.2) is 0 Å².